The first kappa shape index (κ1) is 19.7. The average molecular weight is 443 g/mol. The van der Waals surface area contributed by atoms with Crippen LogP contribution in [-0.4, -0.2) is 24.9 Å². The monoisotopic (exact) mass is 442 g/mol. The van der Waals surface area contributed by atoms with Crippen LogP contribution in [0.25, 0.3) is 11.1 Å². The minimum atomic E-state index is -2.74. The number of aromatic carboxylic acids is 1. The maximum atomic E-state index is 11.8. The number of nitrogens with zero attached hydrogens (tertiary/aromatic N) is 1. The lowest BCUT2D eigenvalue weighted by Gasteiger charge is -2.25. The molecule has 6 nitrogen and oxygen atoms in total. The topological polar surface area (TPSA) is 101 Å². The molecule has 0 radical (unpaired) electrons. The maximum absolute atomic E-state index is 11.8. The van der Waals surface area contributed by atoms with E-state index in [1.807, 2.05) is 0 Å². The third-order valence-electron chi connectivity index (χ3n) is 3.60. The first-order chi connectivity index (χ1) is 12.8. The van der Waals surface area contributed by atoms with Crippen molar-refractivity contribution in [3.63, 3.8) is 0 Å². The molecule has 1 atom stereocenters. The largest absolute Gasteiger partial charge is 0.755 e. The third-order valence-corrected chi connectivity index (χ3v) is 6.00. The van der Waals surface area contributed by atoms with E-state index in [0.717, 1.165) is 33.3 Å². The Balaban J connectivity index is 2.07. The van der Waals surface area contributed by atoms with Crippen molar-refractivity contribution in [2.45, 2.75) is 0 Å². The van der Waals surface area contributed by atoms with E-state index in [0.29, 0.717) is 14.9 Å². The molecule has 1 unspecified atom stereocenters. The number of carboxylic acid groups (broad SMARTS) is 1. The second kappa shape index (κ2) is 7.87. The fraction of sp³-hybridized carbons (Fsp3) is 0. The van der Waals surface area contributed by atoms with Crippen molar-refractivity contribution in [3.05, 3.63) is 63.5 Å². The number of hydrogen-bond acceptors (Lipinski definition) is 5. The quantitative estimate of drug-likeness (QED) is 0.537. The highest BCUT2D eigenvalue weighted by molar-refractivity contribution is 7.81. The number of aromatic hydroxyl groups is 1. The van der Waals surface area contributed by atoms with Crippen molar-refractivity contribution >= 4 is 62.5 Å². The lowest BCUT2D eigenvalue weighted by Crippen LogP contribution is -2.18. The highest BCUT2D eigenvalue weighted by Crippen LogP contribution is 2.43. The van der Waals surface area contributed by atoms with Gasteiger partial charge in [0.1, 0.15) is 20.7 Å². The van der Waals surface area contributed by atoms with Crippen molar-refractivity contribution in [1.82, 2.24) is 0 Å². The lowest BCUT2D eigenvalue weighted by atomic mass is 10.1. The van der Waals surface area contributed by atoms with E-state index < -0.39 is 23.0 Å². The first-order valence-corrected chi connectivity index (χ1v) is 9.89. The molecule has 2 aromatic carbocycles. The fourth-order valence-electron chi connectivity index (χ4n) is 2.42. The van der Waals surface area contributed by atoms with E-state index in [4.69, 9.17) is 28.3 Å². The number of thiophene rings is 1. The van der Waals surface area contributed by atoms with Crippen LogP contribution in [-0.2, 0) is 11.3 Å². The van der Waals surface area contributed by atoms with Crippen LogP contribution in [0.15, 0.2) is 48.5 Å². The number of hydrogen-bond donors (Lipinski definition) is 2. The Morgan fingerprint density at radius 2 is 1.89 bits per heavy atom. The molecule has 0 bridgehead atoms. The summed E-state index contributed by atoms with van der Waals surface area (Å²) in [5.41, 5.74) is 1.05. The summed E-state index contributed by atoms with van der Waals surface area (Å²) in [7, 11) is 0. The second-order valence-electron chi connectivity index (χ2n) is 5.30. The lowest BCUT2D eigenvalue weighted by molar-refractivity contribution is 0.0694. The van der Waals surface area contributed by atoms with Gasteiger partial charge < -0.3 is 14.8 Å². The predicted molar refractivity (Wildman–Crippen MR) is 106 cm³/mol. The molecule has 0 saturated carbocycles. The number of phenols is 1. The molecule has 27 heavy (non-hydrogen) atoms. The Kier molecular flexibility index (Phi) is 5.73. The Bertz CT molecular complexity index is 1050. The van der Waals surface area contributed by atoms with E-state index in [9.17, 15) is 18.7 Å². The summed E-state index contributed by atoms with van der Waals surface area (Å²) in [6.07, 6.45) is 0. The molecular weight excluding hydrogens is 433 g/mol. The minimum absolute atomic E-state index is 0.0707. The second-order valence-corrected chi connectivity index (χ2v) is 8.17. The minimum Gasteiger partial charge on any atom is -0.755 e. The predicted octanol–water partition coefficient (Wildman–Crippen LogP) is 5.06. The Morgan fingerprint density at radius 1 is 1.15 bits per heavy atom. The average Bonchev–Trinajstić information content (AvgIpc) is 2.95. The van der Waals surface area contributed by atoms with Gasteiger partial charge in [0.25, 0.3) is 0 Å². The van der Waals surface area contributed by atoms with Crippen LogP contribution in [0.3, 0.4) is 0 Å². The van der Waals surface area contributed by atoms with Gasteiger partial charge in [-0.15, -0.1) is 11.3 Å². The molecule has 0 fully saturated rings. The Hall–Kier alpha value is -2.10. The van der Waals surface area contributed by atoms with E-state index in [1.165, 1.54) is 6.07 Å². The number of benzene rings is 2. The van der Waals surface area contributed by atoms with Gasteiger partial charge in [0, 0.05) is 16.7 Å². The van der Waals surface area contributed by atoms with Gasteiger partial charge in [-0.3, -0.25) is 8.51 Å². The number of rotatable bonds is 5. The molecule has 0 aliphatic rings. The molecule has 0 aliphatic carbocycles. The zero-order valence-corrected chi connectivity index (χ0v) is 16.4. The van der Waals surface area contributed by atoms with Crippen LogP contribution in [0.5, 0.6) is 5.75 Å². The van der Waals surface area contributed by atoms with Crippen LogP contribution in [0.2, 0.25) is 9.36 Å². The van der Waals surface area contributed by atoms with Crippen molar-refractivity contribution in [2.75, 3.05) is 4.31 Å². The van der Waals surface area contributed by atoms with Gasteiger partial charge in [-0.1, -0.05) is 35.3 Å². The van der Waals surface area contributed by atoms with Gasteiger partial charge in [0.2, 0.25) is 0 Å². The van der Waals surface area contributed by atoms with E-state index in [1.54, 1.807) is 30.3 Å². The molecule has 3 rings (SSSR count). The van der Waals surface area contributed by atoms with E-state index in [-0.39, 0.29) is 16.3 Å². The SMILES string of the molecule is O=C(O)c1ccc(N(c2cc(-c3cccc(Cl)c3)c(Cl)s2)S(=O)[O-])cc1O. The molecule has 0 spiro atoms. The summed E-state index contributed by atoms with van der Waals surface area (Å²) >= 11 is 10.6. The molecule has 0 amide bonds. The van der Waals surface area contributed by atoms with Crippen molar-refractivity contribution in [2.24, 2.45) is 0 Å². The Morgan fingerprint density at radius 3 is 2.48 bits per heavy atom. The highest BCUT2D eigenvalue weighted by Gasteiger charge is 2.19. The van der Waals surface area contributed by atoms with Crippen molar-refractivity contribution in [3.8, 4) is 16.9 Å². The summed E-state index contributed by atoms with van der Waals surface area (Å²) < 4.78 is 24.9. The highest BCUT2D eigenvalue weighted by atomic mass is 35.5. The molecule has 0 saturated heterocycles. The molecule has 140 valence electrons. The van der Waals surface area contributed by atoms with Crippen LogP contribution >= 0.6 is 34.5 Å². The fourth-order valence-corrected chi connectivity index (χ4v) is 4.63. The molecule has 2 N–H and O–H groups in total. The van der Waals surface area contributed by atoms with E-state index >= 15 is 0 Å². The van der Waals surface area contributed by atoms with E-state index in [2.05, 4.69) is 0 Å². The third kappa shape index (κ3) is 4.10. The number of carbonyl (C=O) groups is 1. The normalized spacial score (nSPS) is 12.0. The van der Waals surface area contributed by atoms with Gasteiger partial charge in [-0.05, 0) is 35.9 Å². The van der Waals surface area contributed by atoms with Gasteiger partial charge >= 0.3 is 5.97 Å². The maximum Gasteiger partial charge on any atom is 0.339 e. The summed E-state index contributed by atoms with van der Waals surface area (Å²) in [6, 6.07) is 12.0. The van der Waals surface area contributed by atoms with Gasteiger partial charge in [0.15, 0.2) is 0 Å². The van der Waals surface area contributed by atoms with Crippen LogP contribution in [0, 0.1) is 0 Å². The summed E-state index contributed by atoms with van der Waals surface area (Å²) in [5.74, 6) is -1.87. The van der Waals surface area contributed by atoms with Crippen LogP contribution < -0.4 is 4.31 Å². The van der Waals surface area contributed by atoms with Crippen LogP contribution in [0.1, 0.15) is 10.4 Å². The summed E-state index contributed by atoms with van der Waals surface area (Å²) in [5, 5.41) is 19.6. The molecule has 10 heteroatoms. The Labute approximate surface area is 170 Å². The molecule has 3 aromatic rings. The molecule has 1 heterocycles. The number of anilines is 2. The van der Waals surface area contributed by atoms with Crippen LogP contribution in [0.4, 0.5) is 10.7 Å². The molecule has 0 aliphatic heterocycles. The number of carboxylic acids is 1. The van der Waals surface area contributed by atoms with Gasteiger partial charge in [0.05, 0.1) is 17.0 Å². The van der Waals surface area contributed by atoms with Gasteiger partial charge in [-0.25, -0.2) is 4.79 Å². The smallest absolute Gasteiger partial charge is 0.339 e. The summed E-state index contributed by atoms with van der Waals surface area (Å²) in [4.78, 5) is 11.0. The van der Waals surface area contributed by atoms with Gasteiger partial charge in [-0.2, -0.15) is 0 Å². The molecule has 1 aromatic heterocycles. The summed E-state index contributed by atoms with van der Waals surface area (Å²) in [6.45, 7) is 0. The van der Waals surface area contributed by atoms with Crippen molar-refractivity contribution in [1.29, 1.82) is 0 Å². The first-order valence-electron chi connectivity index (χ1n) is 7.29. The molecular formula is C17H10Cl2NO5S2-. The standard InChI is InChI=1S/C17H11Cl2NO5S2/c18-10-3-1-2-9(6-10)13-8-15(26-16(13)19)20(27(24)25)11-4-5-12(17(22)23)14(21)7-11/h1-8,21H,(H,22,23)(H,24,25)/p-1. The zero-order valence-electron chi connectivity index (χ0n) is 13.3. The number of halogens is 2. The van der Waals surface area contributed by atoms with Crippen molar-refractivity contribution < 1.29 is 23.8 Å². The zero-order chi connectivity index (χ0) is 19.7.